The monoisotopic (exact) mass is 1550 g/mol. The highest BCUT2D eigenvalue weighted by molar-refractivity contribution is 7.30. The summed E-state index contributed by atoms with van der Waals surface area (Å²) in [6.07, 6.45) is 39.4. The number of unbranched alkanes of at least 4 members (excludes halogenated alkanes) is 6. The van der Waals surface area contributed by atoms with E-state index in [4.69, 9.17) is 0 Å². The fraction of sp³-hybridized carbons (Fsp3) is 0.660. The van der Waals surface area contributed by atoms with Crippen LogP contribution in [0, 0.1) is 35.5 Å². The summed E-state index contributed by atoms with van der Waals surface area (Å²) < 4.78 is 5.85. The molecular weight excluding hydrogens is 1410 g/mol. The molecule has 0 fully saturated rings. The van der Waals surface area contributed by atoms with Gasteiger partial charge in [0.2, 0.25) is 0 Å². The molecule has 0 radical (unpaired) electrons. The van der Waals surface area contributed by atoms with Crippen LogP contribution in [0.1, 0.15) is 391 Å². The number of amides is 3. The Morgan fingerprint density at radius 2 is 0.774 bits per heavy atom. The third kappa shape index (κ3) is 19.3. The lowest BCUT2D eigenvalue weighted by Crippen LogP contribution is -2.34. The molecule has 6 unspecified atom stereocenters. The number of imide groups is 1. The lowest BCUT2D eigenvalue weighted by Gasteiger charge is -2.22. The number of rotatable bonds is 49. The Kier molecular flexibility index (Phi) is 32.8. The van der Waals surface area contributed by atoms with Crippen LogP contribution in [-0.2, 0) is 36.5 Å². The summed E-state index contributed by atoms with van der Waals surface area (Å²) in [7, 11) is 0. The summed E-state index contributed by atoms with van der Waals surface area (Å²) in [5.41, 5.74) is 7.38. The molecule has 8 aromatic rings. The Labute approximate surface area is 666 Å². The first-order valence-electron chi connectivity index (χ1n) is 43.1. The van der Waals surface area contributed by atoms with Gasteiger partial charge in [-0.2, -0.15) is 0 Å². The van der Waals surface area contributed by atoms with Gasteiger partial charge in [0, 0.05) is 61.8 Å². The van der Waals surface area contributed by atoms with Crippen molar-refractivity contribution in [1.29, 1.82) is 0 Å². The third-order valence-electron chi connectivity index (χ3n) is 25.6. The van der Waals surface area contributed by atoms with Crippen molar-refractivity contribution < 1.29 is 19.2 Å². The van der Waals surface area contributed by atoms with Crippen molar-refractivity contribution in [1.82, 2.24) is 10.2 Å². The van der Waals surface area contributed by atoms with Crippen LogP contribution in [0.25, 0.3) is 69.6 Å². The number of fused-ring (bicyclic) bond motifs is 5. The van der Waals surface area contributed by atoms with Crippen molar-refractivity contribution >= 4 is 132 Å². The zero-order valence-electron chi connectivity index (χ0n) is 69.3. The first-order valence-corrected chi connectivity index (χ1v) is 48.0. The zero-order chi connectivity index (χ0) is 76.6. The fourth-order valence-electron chi connectivity index (χ4n) is 17.0. The number of benzene rings is 2. The summed E-state index contributed by atoms with van der Waals surface area (Å²) in [6, 6.07) is 10.5. The second-order valence-corrected chi connectivity index (χ2v) is 39.8. The van der Waals surface area contributed by atoms with Gasteiger partial charge in [0.05, 0.1) is 31.3 Å². The number of carbonyl (C=O) groups is 4. The minimum Gasteiger partial charge on any atom is -0.352 e. The standard InChI is InChI=1S/C94H138N2O4S6/c1-19-33-39-60(25-7)45-49-66-70-53-75(76-54-71-68(51-47-62(27-9)41-35-21-3)85-73(56-78(104-85)93(15,16)31-13)69(83(71)102-76)52-48-63(28-10)42-36-22-4)101-82(70)67(50-46-61(26-8)40-34-20-2)72-55-77(103-84(66)72)86-80-81(92(100)96(91(80)99)58-65(30-12)44-38-24-6)88(105-86)87-79(74(59-97)89(106-87)94(17,18)32-14)90(98)95-57-64(29-11)43-37-23-5/h53-56,59-65H,19-52,57-58H2,1-18H3,(H,95,98). The molecule has 6 nitrogen and oxygen atoms in total. The minimum atomic E-state index is -0.441. The summed E-state index contributed by atoms with van der Waals surface area (Å²) in [4.78, 5) is 70.8. The molecule has 0 saturated carbocycles. The van der Waals surface area contributed by atoms with Gasteiger partial charge in [0.25, 0.3) is 17.7 Å². The molecule has 0 bridgehead atoms. The molecule has 0 saturated heterocycles. The Morgan fingerprint density at radius 1 is 0.415 bits per heavy atom. The lowest BCUT2D eigenvalue weighted by atomic mass is 9.85. The van der Waals surface area contributed by atoms with E-state index in [1.165, 1.54) is 181 Å². The molecule has 2 aromatic carbocycles. The highest BCUT2D eigenvalue weighted by atomic mass is 32.1. The van der Waals surface area contributed by atoms with E-state index in [0.717, 1.165) is 148 Å². The summed E-state index contributed by atoms with van der Waals surface area (Å²) in [6.45, 7) is 42.5. The number of nitrogens with one attached hydrogen (secondary N) is 1. The second kappa shape index (κ2) is 40.4. The van der Waals surface area contributed by atoms with Gasteiger partial charge in [0.1, 0.15) is 0 Å². The Morgan fingerprint density at radius 3 is 1.16 bits per heavy atom. The van der Waals surface area contributed by atoms with Crippen molar-refractivity contribution in [3.05, 3.63) is 78.5 Å². The predicted octanol–water partition coefficient (Wildman–Crippen LogP) is 31.2. The molecule has 1 aliphatic rings. The van der Waals surface area contributed by atoms with E-state index < -0.39 is 5.41 Å². The highest BCUT2D eigenvalue weighted by Gasteiger charge is 2.45. The maximum atomic E-state index is 15.9. The average Bonchev–Trinajstić information content (AvgIpc) is 1.56. The van der Waals surface area contributed by atoms with E-state index in [0.29, 0.717) is 62.9 Å². The van der Waals surface area contributed by atoms with Crippen molar-refractivity contribution in [2.24, 2.45) is 35.5 Å². The van der Waals surface area contributed by atoms with E-state index >= 15 is 14.4 Å². The first-order chi connectivity index (χ1) is 51.2. The van der Waals surface area contributed by atoms with Crippen LogP contribution in [0.2, 0.25) is 0 Å². The average molecular weight is 1550 g/mol. The van der Waals surface area contributed by atoms with Crippen LogP contribution < -0.4 is 5.32 Å². The number of nitrogens with zero attached hydrogens (tertiary/aromatic N) is 1. The molecular formula is C94H138N2O4S6. The number of aldehydes is 1. The molecule has 1 N–H and O–H groups in total. The summed E-state index contributed by atoms with van der Waals surface area (Å²) in [5, 5.41) is 9.12. The molecule has 584 valence electrons. The smallest absolute Gasteiger partial charge is 0.263 e. The van der Waals surface area contributed by atoms with Crippen LogP contribution in [0.3, 0.4) is 0 Å². The van der Waals surface area contributed by atoms with E-state index in [1.807, 2.05) is 11.3 Å². The van der Waals surface area contributed by atoms with Crippen molar-refractivity contribution in [3.8, 4) is 29.3 Å². The van der Waals surface area contributed by atoms with Gasteiger partial charge >= 0.3 is 0 Å². The normalized spacial score (nSPS) is 14.8. The molecule has 1 aliphatic heterocycles. The number of hydrogen-bond donors (Lipinski definition) is 1. The number of thiophene rings is 6. The Balaban J connectivity index is 1.34. The SMILES string of the molecule is CCCCC(CC)CCc1c2cc(-c3sc(-c4sc(C(C)(C)CC)c(C=O)c4C(=O)NCC(CC)CCCC)c4c3C(=O)N(CC(CC)CCCC)C4=O)sc2c(CCC(CC)CCCC)c2cc(-c3cc4c(CCC(CC)CCCC)c5sc(C(C)(C)CC)cc5c(CCC(CC)CCCC)c4s3)sc12. The van der Waals surface area contributed by atoms with Crippen LogP contribution in [-0.4, -0.2) is 42.0 Å². The van der Waals surface area contributed by atoms with Gasteiger partial charge in [-0.25, -0.2) is 0 Å². The van der Waals surface area contributed by atoms with Gasteiger partial charge in [-0.1, -0.05) is 266 Å². The maximum absolute atomic E-state index is 15.9. The van der Waals surface area contributed by atoms with Crippen molar-refractivity contribution in [2.75, 3.05) is 13.1 Å². The number of aryl methyl sites for hydroxylation is 4. The molecule has 0 aliphatic carbocycles. The van der Waals surface area contributed by atoms with Crippen molar-refractivity contribution in [2.45, 2.75) is 354 Å². The largest absolute Gasteiger partial charge is 0.352 e. The maximum Gasteiger partial charge on any atom is 0.263 e. The Hall–Kier alpha value is -4.04. The number of carbonyl (C=O) groups excluding carboxylic acids is 4. The molecule has 12 heteroatoms. The van der Waals surface area contributed by atoms with E-state index in [-0.39, 0.29) is 29.1 Å². The van der Waals surface area contributed by atoms with Gasteiger partial charge in [-0.3, -0.25) is 24.1 Å². The summed E-state index contributed by atoms with van der Waals surface area (Å²) in [5.74, 6) is 2.34. The van der Waals surface area contributed by atoms with Crippen molar-refractivity contribution in [3.63, 3.8) is 0 Å². The molecule has 0 spiro atoms. The van der Waals surface area contributed by atoms with E-state index in [9.17, 15) is 4.79 Å². The number of hydrogen-bond acceptors (Lipinski definition) is 10. The first kappa shape index (κ1) is 86.0. The van der Waals surface area contributed by atoms with Gasteiger partial charge in [0.15, 0.2) is 6.29 Å². The third-order valence-corrected chi connectivity index (χ3v) is 34.1. The topological polar surface area (TPSA) is 83.6 Å². The molecule has 106 heavy (non-hydrogen) atoms. The van der Waals surface area contributed by atoms with Crippen LogP contribution in [0.4, 0.5) is 0 Å². The minimum absolute atomic E-state index is 0.103. The summed E-state index contributed by atoms with van der Waals surface area (Å²) >= 11 is 11.1. The van der Waals surface area contributed by atoms with E-state index in [1.54, 1.807) is 26.1 Å². The quantitative estimate of drug-likeness (QED) is 0.0304. The van der Waals surface area contributed by atoms with Crippen LogP contribution >= 0.6 is 68.0 Å². The van der Waals surface area contributed by atoms with Crippen LogP contribution in [0.15, 0.2) is 24.3 Å². The zero-order valence-corrected chi connectivity index (χ0v) is 74.2. The van der Waals surface area contributed by atoms with Gasteiger partial charge in [-0.15, -0.1) is 68.0 Å². The molecule has 6 atom stereocenters. The van der Waals surface area contributed by atoms with Gasteiger partial charge < -0.3 is 5.32 Å². The predicted molar refractivity (Wildman–Crippen MR) is 473 cm³/mol. The molecule has 9 rings (SSSR count). The molecule has 7 heterocycles. The Bertz CT molecular complexity index is 4040. The molecule has 6 aromatic heterocycles. The lowest BCUT2D eigenvalue weighted by molar-refractivity contribution is 0.0624. The van der Waals surface area contributed by atoms with Crippen LogP contribution in [0.5, 0.6) is 0 Å². The highest BCUT2D eigenvalue weighted by Crippen LogP contribution is 2.57. The second-order valence-electron chi connectivity index (χ2n) is 33.6. The fourth-order valence-corrected chi connectivity index (χ4v) is 25.3. The molecule has 3 amide bonds. The van der Waals surface area contributed by atoms with Gasteiger partial charge in [-0.05, 0) is 191 Å². The van der Waals surface area contributed by atoms with E-state index in [2.05, 4.69) is 188 Å².